The molecule has 3 heterocycles. The second-order valence-electron chi connectivity index (χ2n) is 7.57. The summed E-state index contributed by atoms with van der Waals surface area (Å²) >= 11 is 1.30. The van der Waals surface area contributed by atoms with Crippen molar-refractivity contribution in [2.45, 2.75) is 20.0 Å². The van der Waals surface area contributed by atoms with Gasteiger partial charge in [0.05, 0.1) is 19.2 Å². The molecule has 0 saturated heterocycles. The monoisotopic (exact) mass is 460 g/mol. The molecule has 9 heteroatoms. The van der Waals surface area contributed by atoms with Crippen molar-refractivity contribution in [1.82, 2.24) is 19.3 Å². The molecule has 3 aromatic heterocycles. The van der Waals surface area contributed by atoms with E-state index in [-0.39, 0.29) is 24.5 Å². The van der Waals surface area contributed by atoms with Gasteiger partial charge in [-0.15, -0.1) is 11.3 Å². The van der Waals surface area contributed by atoms with Crippen molar-refractivity contribution in [2.75, 3.05) is 7.11 Å². The second kappa shape index (κ2) is 8.51. The van der Waals surface area contributed by atoms with E-state index in [9.17, 15) is 9.59 Å². The van der Waals surface area contributed by atoms with Crippen LogP contribution in [0, 0.1) is 6.92 Å². The minimum atomic E-state index is -0.433. The molecule has 166 valence electrons. The first-order valence-corrected chi connectivity index (χ1v) is 11.2. The zero-order valence-corrected chi connectivity index (χ0v) is 18.8. The summed E-state index contributed by atoms with van der Waals surface area (Å²) in [4.78, 5) is 30.9. The standard InChI is InChI=1S/C24H20N4O4S/c1-15-5-3-4-6-18(15)22-25-20(32-26-22)14-27-19-11-12-33-21(19)23(29)28(24(27)30)13-16-7-9-17(31-2)10-8-16/h3-12H,13-14H2,1-2H3. The maximum Gasteiger partial charge on any atom is 0.332 e. The van der Waals surface area contributed by atoms with Crippen molar-refractivity contribution in [1.29, 1.82) is 0 Å². The number of aryl methyl sites for hydroxylation is 1. The number of hydrogen-bond donors (Lipinski definition) is 0. The Morgan fingerprint density at radius 2 is 1.79 bits per heavy atom. The highest BCUT2D eigenvalue weighted by molar-refractivity contribution is 7.17. The van der Waals surface area contributed by atoms with Crippen molar-refractivity contribution < 1.29 is 9.26 Å². The Kier molecular flexibility index (Phi) is 5.39. The summed E-state index contributed by atoms with van der Waals surface area (Å²) in [6.07, 6.45) is 0. The van der Waals surface area contributed by atoms with Gasteiger partial charge >= 0.3 is 5.69 Å². The molecule has 0 aliphatic rings. The van der Waals surface area contributed by atoms with E-state index in [2.05, 4.69) is 10.1 Å². The topological polar surface area (TPSA) is 92.2 Å². The van der Waals surface area contributed by atoms with Gasteiger partial charge in [-0.2, -0.15) is 4.98 Å². The summed E-state index contributed by atoms with van der Waals surface area (Å²) in [5.74, 6) is 1.46. The van der Waals surface area contributed by atoms with Crippen LogP contribution < -0.4 is 16.0 Å². The lowest BCUT2D eigenvalue weighted by Crippen LogP contribution is -2.40. The fourth-order valence-electron chi connectivity index (χ4n) is 3.73. The van der Waals surface area contributed by atoms with Crippen LogP contribution in [0.15, 0.2) is 74.1 Å². The largest absolute Gasteiger partial charge is 0.497 e. The van der Waals surface area contributed by atoms with Gasteiger partial charge < -0.3 is 9.26 Å². The minimum Gasteiger partial charge on any atom is -0.497 e. The Labute approximate surface area is 192 Å². The van der Waals surface area contributed by atoms with Crippen LogP contribution in [-0.2, 0) is 13.1 Å². The van der Waals surface area contributed by atoms with Crippen LogP contribution >= 0.6 is 11.3 Å². The van der Waals surface area contributed by atoms with Crippen molar-refractivity contribution in [3.8, 4) is 17.1 Å². The maximum atomic E-state index is 13.4. The van der Waals surface area contributed by atoms with E-state index in [4.69, 9.17) is 9.26 Å². The zero-order chi connectivity index (χ0) is 22.9. The molecule has 8 nitrogen and oxygen atoms in total. The van der Waals surface area contributed by atoms with Gasteiger partial charge in [-0.1, -0.05) is 41.6 Å². The van der Waals surface area contributed by atoms with Gasteiger partial charge in [-0.25, -0.2) is 4.79 Å². The molecule has 0 unspecified atom stereocenters. The van der Waals surface area contributed by atoms with Crippen LogP contribution in [0.5, 0.6) is 5.75 Å². The van der Waals surface area contributed by atoms with Crippen LogP contribution in [0.4, 0.5) is 0 Å². The van der Waals surface area contributed by atoms with Crippen molar-refractivity contribution in [2.24, 2.45) is 0 Å². The van der Waals surface area contributed by atoms with Gasteiger partial charge in [0.2, 0.25) is 11.7 Å². The molecule has 0 N–H and O–H groups in total. The summed E-state index contributed by atoms with van der Waals surface area (Å²) in [5.41, 5.74) is 2.51. The Balaban J connectivity index is 1.55. The molecule has 0 aliphatic carbocycles. The first kappa shape index (κ1) is 20.9. The lowest BCUT2D eigenvalue weighted by atomic mass is 10.1. The van der Waals surface area contributed by atoms with Gasteiger partial charge in [0.25, 0.3) is 5.56 Å². The fraction of sp³-hybridized carbons (Fsp3) is 0.167. The molecule has 0 aliphatic heterocycles. The highest BCUT2D eigenvalue weighted by Gasteiger charge is 2.18. The lowest BCUT2D eigenvalue weighted by molar-refractivity contribution is 0.369. The Hall–Kier alpha value is -3.98. The summed E-state index contributed by atoms with van der Waals surface area (Å²) in [6, 6.07) is 16.8. The second-order valence-corrected chi connectivity index (χ2v) is 8.49. The van der Waals surface area contributed by atoms with Gasteiger partial charge in [0.15, 0.2) is 0 Å². The summed E-state index contributed by atoms with van der Waals surface area (Å²) in [5, 5.41) is 5.88. The Bertz CT molecular complexity index is 1560. The van der Waals surface area contributed by atoms with Crippen LogP contribution in [0.3, 0.4) is 0 Å². The Morgan fingerprint density at radius 3 is 2.55 bits per heavy atom. The van der Waals surface area contributed by atoms with E-state index >= 15 is 0 Å². The van der Waals surface area contributed by atoms with E-state index in [0.29, 0.717) is 21.8 Å². The quantitative estimate of drug-likeness (QED) is 0.384. The van der Waals surface area contributed by atoms with Gasteiger partial charge in [0, 0.05) is 5.56 Å². The van der Waals surface area contributed by atoms with E-state index < -0.39 is 5.69 Å². The minimum absolute atomic E-state index is 0.0633. The summed E-state index contributed by atoms with van der Waals surface area (Å²) < 4.78 is 13.9. The van der Waals surface area contributed by atoms with Crippen LogP contribution in [-0.4, -0.2) is 26.4 Å². The predicted molar refractivity (Wildman–Crippen MR) is 126 cm³/mol. The number of methoxy groups -OCH3 is 1. The van der Waals surface area contributed by atoms with Crippen LogP contribution in [0.25, 0.3) is 21.6 Å². The van der Waals surface area contributed by atoms with Crippen LogP contribution in [0.2, 0.25) is 0 Å². The number of benzene rings is 2. The number of ether oxygens (including phenoxy) is 1. The molecule has 2 aromatic carbocycles. The summed E-state index contributed by atoms with van der Waals surface area (Å²) in [6.45, 7) is 2.18. The van der Waals surface area contributed by atoms with Gasteiger partial charge in [0.1, 0.15) is 17.0 Å². The third kappa shape index (κ3) is 3.87. The first-order valence-electron chi connectivity index (χ1n) is 10.3. The lowest BCUT2D eigenvalue weighted by Gasteiger charge is -2.11. The smallest absolute Gasteiger partial charge is 0.332 e. The number of thiophene rings is 1. The Morgan fingerprint density at radius 1 is 1.00 bits per heavy atom. The number of rotatable bonds is 6. The van der Waals surface area contributed by atoms with E-state index in [1.807, 2.05) is 43.3 Å². The number of hydrogen-bond acceptors (Lipinski definition) is 7. The van der Waals surface area contributed by atoms with E-state index in [1.165, 1.54) is 20.5 Å². The van der Waals surface area contributed by atoms with E-state index in [0.717, 1.165) is 16.7 Å². The predicted octanol–water partition coefficient (Wildman–Crippen LogP) is 3.69. The number of nitrogens with zero attached hydrogens (tertiary/aromatic N) is 4. The number of fused-ring (bicyclic) bond motifs is 1. The first-order chi connectivity index (χ1) is 16.0. The maximum absolute atomic E-state index is 13.4. The highest BCUT2D eigenvalue weighted by atomic mass is 32.1. The molecule has 5 aromatic rings. The normalized spacial score (nSPS) is 11.2. The van der Waals surface area contributed by atoms with E-state index in [1.54, 1.807) is 30.7 Å². The SMILES string of the molecule is COc1ccc(Cn2c(=O)c3sccc3n(Cc3nc(-c4ccccc4C)no3)c2=O)cc1. The van der Waals surface area contributed by atoms with Crippen LogP contribution in [0.1, 0.15) is 17.0 Å². The fourth-order valence-corrected chi connectivity index (χ4v) is 4.57. The number of aromatic nitrogens is 4. The molecule has 0 fully saturated rings. The molecule has 0 spiro atoms. The molecule has 0 atom stereocenters. The highest BCUT2D eigenvalue weighted by Crippen LogP contribution is 2.21. The van der Waals surface area contributed by atoms with Crippen molar-refractivity contribution in [3.05, 3.63) is 97.8 Å². The third-order valence-electron chi connectivity index (χ3n) is 5.48. The molecular formula is C24H20N4O4S. The van der Waals surface area contributed by atoms with Crippen molar-refractivity contribution >= 4 is 21.6 Å². The average Bonchev–Trinajstić information content (AvgIpc) is 3.50. The molecule has 0 radical (unpaired) electrons. The molecule has 0 saturated carbocycles. The molecule has 0 amide bonds. The summed E-state index contributed by atoms with van der Waals surface area (Å²) in [7, 11) is 1.59. The van der Waals surface area contributed by atoms with Crippen molar-refractivity contribution in [3.63, 3.8) is 0 Å². The molecule has 33 heavy (non-hydrogen) atoms. The van der Waals surface area contributed by atoms with Gasteiger partial charge in [-0.05, 0) is 41.6 Å². The zero-order valence-electron chi connectivity index (χ0n) is 18.0. The molecule has 0 bridgehead atoms. The third-order valence-corrected chi connectivity index (χ3v) is 6.38. The molecule has 5 rings (SSSR count). The average molecular weight is 461 g/mol. The van der Waals surface area contributed by atoms with Gasteiger partial charge in [-0.3, -0.25) is 13.9 Å². The molecular weight excluding hydrogens is 440 g/mol.